The first-order valence-electron chi connectivity index (χ1n) is 11.6. The Morgan fingerprint density at radius 3 is 0.914 bits per heavy atom. The van der Waals surface area contributed by atoms with Crippen molar-refractivity contribution in [1.82, 2.24) is 0 Å². The molecule has 0 saturated heterocycles. The molecule has 4 rings (SSSR count). The second-order valence-electron chi connectivity index (χ2n) is 8.42. The second-order valence-corrected chi connectivity index (χ2v) is 31.7. The van der Waals surface area contributed by atoms with E-state index in [9.17, 15) is 9.59 Å². The van der Waals surface area contributed by atoms with Gasteiger partial charge in [0, 0.05) is 0 Å². The van der Waals surface area contributed by atoms with E-state index >= 15 is 0 Å². The molecule has 35 heavy (non-hydrogen) atoms. The van der Waals surface area contributed by atoms with E-state index in [-0.39, 0.29) is 18.1 Å². The molecule has 4 aromatic rings. The zero-order valence-corrected chi connectivity index (χ0v) is 24.3. The number of carbonyl (C=O) groups is 2. The molecule has 2 nitrogen and oxygen atoms in total. The minimum absolute atomic E-state index is 0.0279. The van der Waals surface area contributed by atoms with Crippen LogP contribution in [0.2, 0.25) is 0 Å². The summed E-state index contributed by atoms with van der Waals surface area (Å²) < 4.78 is -0.0557. The Morgan fingerprint density at radius 1 is 0.486 bits per heavy atom. The summed E-state index contributed by atoms with van der Waals surface area (Å²) in [7, 11) is 2.97. The number of carbonyl (C=O) groups excluding carboxylic acids is 2. The number of hydrogen-bond donors (Lipinski definition) is 0. The first-order chi connectivity index (χ1) is 17.0. The third kappa shape index (κ3) is 6.11. The summed E-state index contributed by atoms with van der Waals surface area (Å²) in [4.78, 5) is 26.1. The molecule has 0 atom stereocenters. The van der Waals surface area contributed by atoms with Crippen molar-refractivity contribution in [3.8, 4) is 0 Å². The van der Waals surface area contributed by atoms with Gasteiger partial charge in [0.1, 0.15) is 0 Å². The first kappa shape index (κ1) is 25.8. The van der Waals surface area contributed by atoms with Gasteiger partial charge in [-0.15, -0.1) is 0 Å². The van der Waals surface area contributed by atoms with Gasteiger partial charge in [0.2, 0.25) is 0 Å². The van der Waals surface area contributed by atoms with Gasteiger partial charge in [-0.05, 0) is 0 Å². The van der Waals surface area contributed by atoms with Gasteiger partial charge in [0.15, 0.2) is 0 Å². The fourth-order valence-electron chi connectivity index (χ4n) is 4.77. The Morgan fingerprint density at radius 2 is 0.714 bits per heavy atom. The summed E-state index contributed by atoms with van der Waals surface area (Å²) in [6.45, 7) is 3.30. The van der Waals surface area contributed by atoms with Crippen molar-refractivity contribution in [2.75, 3.05) is 0 Å². The van der Waals surface area contributed by atoms with Crippen molar-refractivity contribution >= 4 is 43.7 Å². The average Bonchev–Trinajstić information content (AvgIpc) is 2.86. The molecule has 0 aliphatic rings. The normalized spacial score (nSPS) is 11.5. The molecule has 0 aliphatic carbocycles. The molecule has 176 valence electrons. The zero-order valence-electron chi connectivity index (χ0n) is 19.8. The molecule has 0 heterocycles. The Hall–Kier alpha value is -2.28. The van der Waals surface area contributed by atoms with Crippen molar-refractivity contribution in [2.24, 2.45) is 0 Å². The van der Waals surface area contributed by atoms with Gasteiger partial charge in [0.25, 0.3) is 0 Å². The predicted molar refractivity (Wildman–Crippen MR) is 152 cm³/mol. The predicted octanol–water partition coefficient (Wildman–Crippen LogP) is 7.73. The summed E-state index contributed by atoms with van der Waals surface area (Å²) in [5.41, 5.74) is 4.64. The zero-order chi connectivity index (χ0) is 24.7. The molecule has 0 aromatic heterocycles. The molecule has 0 aliphatic heterocycles. The van der Waals surface area contributed by atoms with Crippen LogP contribution in [0.25, 0.3) is 0 Å². The Labute approximate surface area is 217 Å². The first-order valence-corrected chi connectivity index (χ1v) is 23.5. The van der Waals surface area contributed by atoms with Crippen molar-refractivity contribution in [3.63, 3.8) is 0 Å². The van der Waals surface area contributed by atoms with Crippen molar-refractivity contribution in [1.29, 1.82) is 0 Å². The topological polar surface area (TPSA) is 34.1 Å². The number of benzene rings is 4. The van der Waals surface area contributed by atoms with Crippen molar-refractivity contribution in [3.05, 3.63) is 144 Å². The van der Waals surface area contributed by atoms with E-state index in [0.717, 1.165) is 22.3 Å². The van der Waals surface area contributed by atoms with Gasteiger partial charge in [0.05, 0.1) is 0 Å². The number of rotatable bonds is 8. The maximum absolute atomic E-state index is 13.1. The summed E-state index contributed by atoms with van der Waals surface area (Å²) in [5.74, 6) is 0. The molecule has 0 amide bonds. The van der Waals surface area contributed by atoms with Crippen LogP contribution >= 0.6 is 17.9 Å². The third-order valence-corrected chi connectivity index (χ3v) is 35.6. The molecular weight excluding hydrogens is 575 g/mol. The van der Waals surface area contributed by atoms with Crippen LogP contribution in [-0.4, -0.2) is 25.8 Å². The standard InChI is InChI=1S/2C13H11.2C2H4OS.Sn/c2*1-3-7-12(8-4-1)11-13-9-5-2-6-10-13;2*1-2(3)4;/h2*1-11H;2*1H3,(H,3,4);/q;;;;+2/p-2. The Kier molecular flexibility index (Phi) is 8.93. The second kappa shape index (κ2) is 12.1. The van der Waals surface area contributed by atoms with Crippen LogP contribution in [0.1, 0.15) is 44.0 Å². The average molecular weight is 603 g/mol. The minimum atomic E-state index is -4.10. The van der Waals surface area contributed by atoms with Crippen LogP contribution in [0.3, 0.4) is 0 Å². The molecule has 5 heteroatoms. The van der Waals surface area contributed by atoms with Crippen LogP contribution in [0.4, 0.5) is 0 Å². The number of hydrogen-bond acceptors (Lipinski definition) is 4. The van der Waals surface area contributed by atoms with Gasteiger partial charge < -0.3 is 0 Å². The van der Waals surface area contributed by atoms with Gasteiger partial charge in [-0.2, -0.15) is 0 Å². The summed E-state index contributed by atoms with van der Waals surface area (Å²) in [6.07, 6.45) is 0. The summed E-state index contributed by atoms with van der Waals surface area (Å²) in [6, 6.07) is 41.7. The van der Waals surface area contributed by atoms with E-state index in [1.165, 1.54) is 17.9 Å². The molecule has 4 aromatic carbocycles. The fourth-order valence-corrected chi connectivity index (χ4v) is 39.6. The Bertz CT molecular complexity index is 1070. The van der Waals surface area contributed by atoms with E-state index in [0.29, 0.717) is 0 Å². The molecular formula is C30H28O2S2Sn. The molecule has 0 N–H and O–H groups in total. The van der Waals surface area contributed by atoms with Crippen LogP contribution < -0.4 is 0 Å². The SMILES string of the molecule is CC(=O)[S][Sn]([S]C(C)=O)([CH](c1ccccc1)c1ccccc1)[CH](c1ccccc1)c1ccccc1. The molecule has 0 unspecified atom stereocenters. The van der Waals surface area contributed by atoms with Crippen LogP contribution in [-0.2, 0) is 9.59 Å². The fraction of sp³-hybridized carbons (Fsp3) is 0.133. The van der Waals surface area contributed by atoms with E-state index in [1.807, 2.05) is 24.3 Å². The van der Waals surface area contributed by atoms with Gasteiger partial charge in [-0.3, -0.25) is 0 Å². The van der Waals surface area contributed by atoms with Gasteiger partial charge in [-0.25, -0.2) is 0 Å². The van der Waals surface area contributed by atoms with Gasteiger partial charge in [-0.1, -0.05) is 0 Å². The van der Waals surface area contributed by atoms with Crippen LogP contribution in [0, 0.1) is 0 Å². The van der Waals surface area contributed by atoms with E-state index in [4.69, 9.17) is 0 Å². The molecule has 0 bridgehead atoms. The van der Waals surface area contributed by atoms with Crippen LogP contribution in [0.15, 0.2) is 121 Å². The van der Waals surface area contributed by atoms with Crippen molar-refractivity contribution < 1.29 is 9.59 Å². The molecule has 0 spiro atoms. The maximum atomic E-state index is 13.1. The monoisotopic (exact) mass is 604 g/mol. The summed E-state index contributed by atoms with van der Waals surface area (Å²) >= 11 is -4.10. The molecule has 0 saturated carbocycles. The van der Waals surface area contributed by atoms with E-state index < -0.39 is 15.6 Å². The molecule has 0 fully saturated rings. The quantitative estimate of drug-likeness (QED) is 0.193. The summed E-state index contributed by atoms with van der Waals surface area (Å²) in [5, 5.41) is 0.145. The van der Waals surface area contributed by atoms with E-state index in [1.54, 1.807) is 13.8 Å². The van der Waals surface area contributed by atoms with E-state index in [2.05, 4.69) is 97.1 Å². The van der Waals surface area contributed by atoms with Crippen LogP contribution in [0.5, 0.6) is 0 Å². The van der Waals surface area contributed by atoms with Gasteiger partial charge >= 0.3 is 219 Å². The third-order valence-electron chi connectivity index (χ3n) is 5.94. The Balaban J connectivity index is 2.10. The molecule has 0 radical (unpaired) electrons. The van der Waals surface area contributed by atoms with Crippen molar-refractivity contribution in [2.45, 2.75) is 21.7 Å².